The number of nitrogens with zero attached hydrogens (tertiary/aromatic N) is 3. The van der Waals surface area contributed by atoms with Gasteiger partial charge in [0.1, 0.15) is 0 Å². The summed E-state index contributed by atoms with van der Waals surface area (Å²) in [6, 6.07) is 4.88. The second-order valence-corrected chi connectivity index (χ2v) is 9.34. The minimum absolute atomic E-state index is 0. The van der Waals surface area contributed by atoms with Gasteiger partial charge in [-0.2, -0.15) is 0 Å². The molecule has 28 heavy (non-hydrogen) atoms. The molecule has 2 N–H and O–H groups in total. The van der Waals surface area contributed by atoms with E-state index < -0.39 is 0 Å². The molecule has 2 saturated heterocycles. The van der Waals surface area contributed by atoms with Crippen molar-refractivity contribution in [2.75, 3.05) is 44.2 Å². The van der Waals surface area contributed by atoms with Crippen LogP contribution in [0.3, 0.4) is 0 Å². The average molecular weight is 520 g/mol. The van der Waals surface area contributed by atoms with E-state index in [9.17, 15) is 0 Å². The Hall–Kier alpha value is -0.540. The molecule has 1 aromatic rings. The van der Waals surface area contributed by atoms with Crippen molar-refractivity contribution in [2.45, 2.75) is 64.5 Å². The Labute approximate surface area is 192 Å². The lowest BCUT2D eigenvalue weighted by atomic mass is 9.99. The van der Waals surface area contributed by atoms with Crippen LogP contribution in [0.2, 0.25) is 0 Å². The van der Waals surface area contributed by atoms with Crippen molar-refractivity contribution >= 4 is 46.3 Å². The molecule has 0 radical (unpaired) electrons. The summed E-state index contributed by atoms with van der Waals surface area (Å²) >= 11 is 1.84. The zero-order valence-electron chi connectivity index (χ0n) is 17.7. The van der Waals surface area contributed by atoms with E-state index in [-0.39, 0.29) is 29.5 Å². The zero-order valence-corrected chi connectivity index (χ0v) is 20.9. The molecule has 3 heterocycles. The fourth-order valence-corrected chi connectivity index (χ4v) is 4.86. The minimum Gasteiger partial charge on any atom is -0.363 e. The van der Waals surface area contributed by atoms with Crippen LogP contribution in [0, 0.1) is 0 Å². The van der Waals surface area contributed by atoms with Crippen LogP contribution in [0.5, 0.6) is 0 Å². The van der Waals surface area contributed by atoms with Crippen molar-refractivity contribution in [1.29, 1.82) is 0 Å². The fourth-order valence-electron chi connectivity index (χ4n) is 4.08. The first kappa shape index (κ1) is 23.7. The molecule has 0 saturated carbocycles. The summed E-state index contributed by atoms with van der Waals surface area (Å²) in [5.74, 6) is 0.983. The van der Waals surface area contributed by atoms with Gasteiger partial charge in [0, 0.05) is 31.2 Å². The van der Waals surface area contributed by atoms with Crippen molar-refractivity contribution in [3.63, 3.8) is 0 Å². The fraction of sp³-hybridized carbons (Fsp3) is 0.762. The molecular weight excluding hydrogens is 481 g/mol. The summed E-state index contributed by atoms with van der Waals surface area (Å²) in [5, 5.41) is 10.7. The number of likely N-dealkylation sites (tertiary alicyclic amines) is 1. The number of hydrogen-bond donors (Lipinski definition) is 2. The number of piperidine rings is 2. The van der Waals surface area contributed by atoms with Crippen LogP contribution in [0.25, 0.3) is 0 Å². The lowest BCUT2D eigenvalue weighted by Crippen LogP contribution is -2.51. The lowest BCUT2D eigenvalue weighted by molar-refractivity contribution is 0.102. The summed E-state index contributed by atoms with van der Waals surface area (Å²) in [6.45, 7) is 13.2. The Morgan fingerprint density at radius 2 is 1.89 bits per heavy atom. The smallest absolute Gasteiger partial charge is 0.191 e. The van der Waals surface area contributed by atoms with Gasteiger partial charge in [0.25, 0.3) is 0 Å². The van der Waals surface area contributed by atoms with Gasteiger partial charge in [-0.05, 0) is 77.1 Å². The maximum absolute atomic E-state index is 4.96. The highest BCUT2D eigenvalue weighted by Crippen LogP contribution is 2.25. The Kier molecular flexibility index (Phi) is 9.83. The third kappa shape index (κ3) is 6.76. The van der Waals surface area contributed by atoms with Gasteiger partial charge in [-0.15, -0.1) is 35.3 Å². The van der Waals surface area contributed by atoms with E-state index in [1.54, 1.807) is 0 Å². The van der Waals surface area contributed by atoms with Crippen LogP contribution >= 0.6 is 35.3 Å². The van der Waals surface area contributed by atoms with Gasteiger partial charge in [-0.3, -0.25) is 9.89 Å². The second kappa shape index (κ2) is 11.6. The molecule has 0 amide bonds. The van der Waals surface area contributed by atoms with Crippen LogP contribution < -0.4 is 15.5 Å². The number of nitrogens with one attached hydrogen (secondary N) is 2. The van der Waals surface area contributed by atoms with Gasteiger partial charge >= 0.3 is 0 Å². The number of rotatable bonds is 6. The first-order valence-electron chi connectivity index (χ1n) is 10.7. The molecule has 5 nitrogen and oxygen atoms in total. The molecule has 0 unspecified atom stereocenters. The topological polar surface area (TPSA) is 42.9 Å². The van der Waals surface area contributed by atoms with E-state index in [0.29, 0.717) is 6.04 Å². The highest BCUT2D eigenvalue weighted by atomic mass is 127. The normalized spacial score (nSPS) is 20.0. The summed E-state index contributed by atoms with van der Waals surface area (Å²) in [5.41, 5.74) is 0.130. The SMILES string of the molecule is CCNC(=NCC(C)(C)N1CCCCC1)NC1CCN(c2cccs2)CC1.I. The highest BCUT2D eigenvalue weighted by molar-refractivity contribution is 14.0. The highest BCUT2D eigenvalue weighted by Gasteiger charge is 2.28. The van der Waals surface area contributed by atoms with Crippen molar-refractivity contribution in [3.05, 3.63) is 17.5 Å². The number of halogens is 1. The number of aliphatic imine (C=N–C) groups is 1. The lowest BCUT2D eigenvalue weighted by Gasteiger charge is -2.40. The molecule has 2 aliphatic rings. The molecular formula is C21H38IN5S. The summed E-state index contributed by atoms with van der Waals surface area (Å²) in [6.07, 6.45) is 6.36. The average Bonchev–Trinajstić information content (AvgIpc) is 3.22. The van der Waals surface area contributed by atoms with E-state index in [2.05, 4.69) is 58.7 Å². The van der Waals surface area contributed by atoms with Crippen molar-refractivity contribution in [2.24, 2.45) is 4.99 Å². The number of anilines is 1. The quantitative estimate of drug-likeness (QED) is 0.337. The number of hydrogen-bond acceptors (Lipinski definition) is 4. The maximum atomic E-state index is 4.96. The molecule has 0 aromatic carbocycles. The van der Waals surface area contributed by atoms with Gasteiger partial charge < -0.3 is 15.5 Å². The summed E-state index contributed by atoms with van der Waals surface area (Å²) in [7, 11) is 0. The van der Waals surface area contributed by atoms with Gasteiger partial charge in [-0.1, -0.05) is 6.42 Å². The molecule has 2 aliphatic heterocycles. The molecule has 0 bridgehead atoms. The monoisotopic (exact) mass is 519 g/mol. The molecule has 0 atom stereocenters. The van der Waals surface area contributed by atoms with E-state index in [0.717, 1.165) is 45.0 Å². The summed E-state index contributed by atoms with van der Waals surface area (Å²) < 4.78 is 0. The van der Waals surface area contributed by atoms with E-state index in [1.807, 2.05) is 11.3 Å². The molecule has 0 aliphatic carbocycles. The number of guanidine groups is 1. The molecule has 2 fully saturated rings. The van der Waals surface area contributed by atoms with Gasteiger partial charge in [-0.25, -0.2) is 0 Å². The Balaban J connectivity index is 0.00000280. The second-order valence-electron chi connectivity index (χ2n) is 8.41. The van der Waals surface area contributed by atoms with E-state index in [1.165, 1.54) is 37.4 Å². The standard InChI is InChI=1S/C21H37N5S.HI/c1-4-22-20(23-17-21(2,3)26-12-6-5-7-13-26)24-18-10-14-25(15-11-18)19-9-8-16-27-19;/h8-9,16,18H,4-7,10-15,17H2,1-3H3,(H2,22,23,24);1H. The number of thiophene rings is 1. The van der Waals surface area contributed by atoms with E-state index in [4.69, 9.17) is 4.99 Å². The Morgan fingerprint density at radius 1 is 1.18 bits per heavy atom. The zero-order chi connectivity index (χ0) is 19.1. The van der Waals surface area contributed by atoms with Crippen LogP contribution in [-0.4, -0.2) is 61.7 Å². The predicted octanol–water partition coefficient (Wildman–Crippen LogP) is 4.15. The third-order valence-corrected chi connectivity index (χ3v) is 6.76. The largest absolute Gasteiger partial charge is 0.363 e. The first-order chi connectivity index (χ1) is 13.1. The predicted molar refractivity (Wildman–Crippen MR) is 134 cm³/mol. The molecule has 1 aromatic heterocycles. The van der Waals surface area contributed by atoms with Gasteiger partial charge in [0.2, 0.25) is 0 Å². The van der Waals surface area contributed by atoms with E-state index >= 15 is 0 Å². The molecule has 160 valence electrons. The molecule has 3 rings (SSSR count). The minimum atomic E-state index is 0. The van der Waals surface area contributed by atoms with Crippen molar-refractivity contribution in [3.8, 4) is 0 Å². The Morgan fingerprint density at radius 3 is 2.50 bits per heavy atom. The first-order valence-corrected chi connectivity index (χ1v) is 11.5. The van der Waals surface area contributed by atoms with Crippen LogP contribution in [-0.2, 0) is 0 Å². The maximum Gasteiger partial charge on any atom is 0.191 e. The van der Waals surface area contributed by atoms with Crippen LogP contribution in [0.1, 0.15) is 52.9 Å². The Bertz CT molecular complexity index is 576. The van der Waals surface area contributed by atoms with Gasteiger partial charge in [0.15, 0.2) is 5.96 Å². The molecule has 7 heteroatoms. The van der Waals surface area contributed by atoms with Gasteiger partial charge in [0.05, 0.1) is 11.5 Å². The van der Waals surface area contributed by atoms with Crippen LogP contribution in [0.15, 0.2) is 22.5 Å². The van der Waals surface area contributed by atoms with Crippen LogP contribution in [0.4, 0.5) is 5.00 Å². The van der Waals surface area contributed by atoms with Crippen molar-refractivity contribution < 1.29 is 0 Å². The third-order valence-electron chi connectivity index (χ3n) is 5.83. The molecule has 0 spiro atoms. The summed E-state index contributed by atoms with van der Waals surface area (Å²) in [4.78, 5) is 10.1. The van der Waals surface area contributed by atoms with Crippen molar-refractivity contribution in [1.82, 2.24) is 15.5 Å².